The topological polar surface area (TPSA) is 26.3 Å². The number of carbonyl (C=O) groups is 1. The van der Waals surface area contributed by atoms with Crippen LogP contribution in [-0.4, -0.2) is 12.1 Å². The molecule has 0 N–H and O–H groups in total. The van der Waals surface area contributed by atoms with Crippen molar-refractivity contribution in [1.82, 2.24) is 0 Å². The Balaban J connectivity index is 2.06. The van der Waals surface area contributed by atoms with Crippen LogP contribution in [0, 0.1) is 22.2 Å². The fourth-order valence-electron chi connectivity index (χ4n) is 5.33. The van der Waals surface area contributed by atoms with Gasteiger partial charge in [-0.1, -0.05) is 33.3 Å². The summed E-state index contributed by atoms with van der Waals surface area (Å²) in [6.45, 7) is 11.0. The van der Waals surface area contributed by atoms with Gasteiger partial charge < -0.3 is 4.74 Å². The van der Waals surface area contributed by atoms with E-state index >= 15 is 0 Å². The van der Waals surface area contributed by atoms with Gasteiger partial charge in [0.2, 0.25) is 0 Å². The molecule has 0 aromatic rings. The average Bonchev–Trinajstić information content (AvgIpc) is 2.75. The molecule has 0 amide bonds. The first-order chi connectivity index (χ1) is 8.69. The van der Waals surface area contributed by atoms with Gasteiger partial charge in [-0.3, -0.25) is 4.79 Å². The third kappa shape index (κ3) is 1.58. The Kier molecular flexibility index (Phi) is 2.54. The van der Waals surface area contributed by atoms with Crippen LogP contribution in [0.15, 0.2) is 11.6 Å². The van der Waals surface area contributed by atoms with Crippen molar-refractivity contribution < 1.29 is 9.53 Å². The SMILES string of the molecule is CC(=O)OC1C=C2C(C)(C)C3CC[C@@]2(C3)C(C)(C)C1. The molecule has 2 saturated carbocycles. The van der Waals surface area contributed by atoms with Gasteiger partial charge in [0.25, 0.3) is 0 Å². The predicted molar refractivity (Wildman–Crippen MR) is 75.6 cm³/mol. The summed E-state index contributed by atoms with van der Waals surface area (Å²) in [7, 11) is 0. The summed E-state index contributed by atoms with van der Waals surface area (Å²) in [6, 6.07) is 0. The van der Waals surface area contributed by atoms with E-state index in [2.05, 4.69) is 33.8 Å². The van der Waals surface area contributed by atoms with Crippen LogP contribution in [0.4, 0.5) is 0 Å². The molecule has 3 atom stereocenters. The first-order valence-electron chi connectivity index (χ1n) is 7.59. The Morgan fingerprint density at radius 2 is 1.95 bits per heavy atom. The van der Waals surface area contributed by atoms with Crippen molar-refractivity contribution in [2.75, 3.05) is 0 Å². The van der Waals surface area contributed by atoms with Crippen LogP contribution >= 0.6 is 0 Å². The van der Waals surface area contributed by atoms with E-state index in [0.29, 0.717) is 5.41 Å². The first kappa shape index (κ1) is 13.2. The van der Waals surface area contributed by atoms with E-state index in [9.17, 15) is 4.79 Å². The minimum absolute atomic E-state index is 0.0215. The molecule has 2 unspecified atom stereocenters. The maximum atomic E-state index is 11.3. The Labute approximate surface area is 116 Å². The molecule has 0 aromatic heterocycles. The second-order valence-electron chi connectivity index (χ2n) is 8.06. The summed E-state index contributed by atoms with van der Waals surface area (Å²) >= 11 is 0. The molecule has 0 aliphatic heterocycles. The van der Waals surface area contributed by atoms with Gasteiger partial charge in [0.15, 0.2) is 0 Å². The summed E-state index contributed by atoms with van der Waals surface area (Å²) in [5.41, 5.74) is 2.48. The van der Waals surface area contributed by atoms with Gasteiger partial charge in [-0.2, -0.15) is 0 Å². The molecule has 0 saturated heterocycles. The van der Waals surface area contributed by atoms with Crippen molar-refractivity contribution in [2.24, 2.45) is 22.2 Å². The van der Waals surface area contributed by atoms with Gasteiger partial charge in [0, 0.05) is 6.92 Å². The number of ether oxygens (including phenoxy) is 1. The van der Waals surface area contributed by atoms with E-state index in [1.165, 1.54) is 26.2 Å². The Morgan fingerprint density at radius 3 is 2.58 bits per heavy atom. The molecule has 3 aliphatic rings. The lowest BCUT2D eigenvalue weighted by molar-refractivity contribution is -0.146. The second-order valence-corrected chi connectivity index (χ2v) is 8.06. The minimum Gasteiger partial charge on any atom is -0.458 e. The number of esters is 1. The number of hydrogen-bond acceptors (Lipinski definition) is 2. The molecule has 106 valence electrons. The number of carbonyl (C=O) groups excluding carboxylic acids is 1. The lowest BCUT2D eigenvalue weighted by Gasteiger charge is -2.52. The smallest absolute Gasteiger partial charge is 0.303 e. The van der Waals surface area contributed by atoms with E-state index in [1.54, 1.807) is 5.57 Å². The van der Waals surface area contributed by atoms with E-state index in [1.807, 2.05) is 0 Å². The zero-order valence-electron chi connectivity index (χ0n) is 12.9. The van der Waals surface area contributed by atoms with Crippen LogP contribution in [0.1, 0.15) is 60.3 Å². The fourth-order valence-corrected chi connectivity index (χ4v) is 5.33. The number of fused-ring (bicyclic) bond motifs is 1. The summed E-state index contributed by atoms with van der Waals surface area (Å²) in [5.74, 6) is 0.656. The summed E-state index contributed by atoms with van der Waals surface area (Å²) < 4.78 is 5.52. The molecule has 1 spiro atoms. The fraction of sp³-hybridized carbons (Fsp3) is 0.824. The van der Waals surface area contributed by atoms with Gasteiger partial charge in [-0.15, -0.1) is 0 Å². The highest BCUT2D eigenvalue weighted by Gasteiger charge is 2.65. The largest absolute Gasteiger partial charge is 0.458 e. The number of hydrogen-bond donors (Lipinski definition) is 0. The molecule has 3 aliphatic carbocycles. The van der Waals surface area contributed by atoms with Gasteiger partial charge in [0.1, 0.15) is 6.10 Å². The molecule has 0 heterocycles. The first-order valence-corrected chi connectivity index (χ1v) is 7.59. The molecule has 0 radical (unpaired) electrons. The Hall–Kier alpha value is -0.790. The van der Waals surface area contributed by atoms with E-state index in [4.69, 9.17) is 4.74 Å². The normalized spacial score (nSPS) is 41.6. The summed E-state index contributed by atoms with van der Waals surface area (Å²) in [4.78, 5) is 11.3. The maximum Gasteiger partial charge on any atom is 0.303 e. The van der Waals surface area contributed by atoms with Gasteiger partial charge >= 0.3 is 5.97 Å². The van der Waals surface area contributed by atoms with Crippen molar-refractivity contribution in [3.8, 4) is 0 Å². The Bertz CT molecular complexity index is 458. The monoisotopic (exact) mass is 262 g/mol. The zero-order chi connectivity index (χ0) is 14.1. The van der Waals surface area contributed by atoms with Crippen molar-refractivity contribution in [2.45, 2.75) is 66.4 Å². The Morgan fingerprint density at radius 1 is 1.26 bits per heavy atom. The van der Waals surface area contributed by atoms with Crippen LogP contribution in [0.5, 0.6) is 0 Å². The molecule has 2 nitrogen and oxygen atoms in total. The number of allylic oxidation sites excluding steroid dienone is 1. The van der Waals surface area contributed by atoms with E-state index < -0.39 is 0 Å². The molecule has 0 aromatic carbocycles. The molecule has 3 rings (SSSR count). The zero-order valence-corrected chi connectivity index (χ0v) is 12.9. The molecule has 19 heavy (non-hydrogen) atoms. The van der Waals surface area contributed by atoms with Crippen LogP contribution in [0.25, 0.3) is 0 Å². The predicted octanol–water partition coefficient (Wildman–Crippen LogP) is 4.10. The van der Waals surface area contributed by atoms with Crippen molar-refractivity contribution >= 4 is 5.97 Å². The maximum absolute atomic E-state index is 11.3. The molecule has 2 heteroatoms. The molecule has 2 fully saturated rings. The van der Waals surface area contributed by atoms with Gasteiger partial charge in [0.05, 0.1) is 0 Å². The van der Waals surface area contributed by atoms with Crippen LogP contribution < -0.4 is 0 Å². The van der Waals surface area contributed by atoms with Crippen LogP contribution in [0.2, 0.25) is 0 Å². The lowest BCUT2D eigenvalue weighted by atomic mass is 9.53. The third-order valence-corrected chi connectivity index (χ3v) is 6.42. The highest BCUT2D eigenvalue weighted by atomic mass is 16.5. The minimum atomic E-state index is -0.158. The van der Waals surface area contributed by atoms with Crippen molar-refractivity contribution in [1.29, 1.82) is 0 Å². The lowest BCUT2D eigenvalue weighted by Crippen LogP contribution is -2.45. The van der Waals surface area contributed by atoms with Crippen LogP contribution in [-0.2, 0) is 9.53 Å². The standard InChI is InChI=1S/C17H26O2/c1-11(18)19-13-8-14-16(4,5)12-6-7-17(14,9-12)15(2,3)10-13/h8,12-13H,6-7,9-10H2,1-5H3/t12?,13?,17-/m0/s1. The highest BCUT2D eigenvalue weighted by molar-refractivity contribution is 5.66. The highest BCUT2D eigenvalue weighted by Crippen LogP contribution is 2.73. The third-order valence-electron chi connectivity index (χ3n) is 6.42. The second kappa shape index (κ2) is 3.65. The summed E-state index contributed by atoms with van der Waals surface area (Å²) in [5, 5.41) is 0. The number of rotatable bonds is 1. The average molecular weight is 262 g/mol. The summed E-state index contributed by atoms with van der Waals surface area (Å²) in [6.07, 6.45) is 7.28. The molecular formula is C17H26O2. The van der Waals surface area contributed by atoms with Crippen molar-refractivity contribution in [3.05, 3.63) is 11.6 Å². The van der Waals surface area contributed by atoms with Gasteiger partial charge in [-0.25, -0.2) is 0 Å². The van der Waals surface area contributed by atoms with E-state index in [0.717, 1.165) is 12.3 Å². The van der Waals surface area contributed by atoms with Crippen molar-refractivity contribution in [3.63, 3.8) is 0 Å². The van der Waals surface area contributed by atoms with Crippen LogP contribution in [0.3, 0.4) is 0 Å². The quantitative estimate of drug-likeness (QED) is 0.525. The molecular weight excluding hydrogens is 236 g/mol. The molecule has 2 bridgehead atoms. The van der Waals surface area contributed by atoms with E-state index in [-0.39, 0.29) is 22.9 Å². The van der Waals surface area contributed by atoms with Gasteiger partial charge in [-0.05, 0) is 53.9 Å².